The van der Waals surface area contributed by atoms with Crippen LogP contribution in [0.2, 0.25) is 0 Å². The zero-order valence-corrected chi connectivity index (χ0v) is 15.2. The minimum absolute atomic E-state index is 0.139. The van der Waals surface area contributed by atoms with Gasteiger partial charge in [-0.2, -0.15) is 0 Å². The number of rotatable bonds is 7. The molecule has 2 N–H and O–H groups in total. The van der Waals surface area contributed by atoms with E-state index in [1.807, 2.05) is 29.8 Å². The Hall–Kier alpha value is -2.93. The summed E-state index contributed by atoms with van der Waals surface area (Å²) in [5.41, 5.74) is 3.03. The third-order valence-electron chi connectivity index (χ3n) is 4.79. The summed E-state index contributed by atoms with van der Waals surface area (Å²) in [6, 6.07) is 9.06. The number of hydrogen-bond donors (Lipinski definition) is 2. The maximum Gasteiger partial charge on any atom is 0.251 e. The van der Waals surface area contributed by atoms with Crippen molar-refractivity contribution in [1.29, 1.82) is 0 Å². The molecule has 7 nitrogen and oxygen atoms in total. The van der Waals surface area contributed by atoms with Crippen molar-refractivity contribution in [2.75, 3.05) is 6.61 Å². The normalized spacial score (nSPS) is 13.7. The number of fused-ring (bicyclic) bond motifs is 1. The number of carbonyl (C=O) groups is 1. The molecule has 140 valence electrons. The van der Waals surface area contributed by atoms with E-state index in [1.54, 1.807) is 18.3 Å². The Morgan fingerprint density at radius 3 is 2.96 bits per heavy atom. The number of hydrogen-bond acceptors (Lipinski definition) is 5. The first-order chi connectivity index (χ1) is 13.1. The van der Waals surface area contributed by atoms with Crippen molar-refractivity contribution < 1.29 is 14.6 Å². The molecule has 1 aliphatic carbocycles. The number of pyridine rings is 1. The molecule has 3 aromatic rings. The summed E-state index contributed by atoms with van der Waals surface area (Å²) >= 11 is 0. The molecule has 0 atom stereocenters. The molecule has 1 aromatic carbocycles. The Morgan fingerprint density at radius 2 is 2.19 bits per heavy atom. The van der Waals surface area contributed by atoms with Crippen LogP contribution in [0.25, 0.3) is 11.0 Å². The number of aliphatic hydroxyl groups excluding tert-OH is 1. The van der Waals surface area contributed by atoms with E-state index in [4.69, 9.17) is 4.74 Å². The Bertz CT molecular complexity index is 979. The quantitative estimate of drug-likeness (QED) is 0.669. The smallest absolute Gasteiger partial charge is 0.251 e. The van der Waals surface area contributed by atoms with Gasteiger partial charge in [0.2, 0.25) is 5.88 Å². The van der Waals surface area contributed by atoms with Gasteiger partial charge in [0.05, 0.1) is 17.6 Å². The van der Waals surface area contributed by atoms with Crippen molar-refractivity contribution in [1.82, 2.24) is 19.9 Å². The van der Waals surface area contributed by atoms with Crippen LogP contribution in [0.5, 0.6) is 5.88 Å². The first-order valence-corrected chi connectivity index (χ1v) is 9.06. The lowest BCUT2D eigenvalue weighted by molar-refractivity contribution is 0.0951. The van der Waals surface area contributed by atoms with E-state index in [2.05, 4.69) is 15.3 Å². The van der Waals surface area contributed by atoms with Gasteiger partial charge in [-0.1, -0.05) is 0 Å². The number of imidazole rings is 1. The molecule has 0 aliphatic heterocycles. The van der Waals surface area contributed by atoms with Crippen LogP contribution in [0.4, 0.5) is 0 Å². The summed E-state index contributed by atoms with van der Waals surface area (Å²) in [7, 11) is 1.84. The van der Waals surface area contributed by atoms with Gasteiger partial charge in [0.1, 0.15) is 12.4 Å². The average Bonchev–Trinajstić information content (AvgIpc) is 3.47. The van der Waals surface area contributed by atoms with Crippen molar-refractivity contribution in [2.24, 2.45) is 13.0 Å². The second kappa shape index (κ2) is 7.36. The second-order valence-corrected chi connectivity index (χ2v) is 6.89. The van der Waals surface area contributed by atoms with Crippen molar-refractivity contribution in [3.05, 3.63) is 53.5 Å². The van der Waals surface area contributed by atoms with E-state index in [0.29, 0.717) is 41.9 Å². The molecule has 1 amide bonds. The fourth-order valence-corrected chi connectivity index (χ4v) is 2.94. The van der Waals surface area contributed by atoms with Gasteiger partial charge in [0, 0.05) is 31.4 Å². The monoisotopic (exact) mass is 366 g/mol. The molecule has 1 fully saturated rings. The zero-order valence-electron chi connectivity index (χ0n) is 15.2. The van der Waals surface area contributed by atoms with Gasteiger partial charge in [0.25, 0.3) is 5.91 Å². The van der Waals surface area contributed by atoms with Crippen molar-refractivity contribution in [3.8, 4) is 5.88 Å². The van der Waals surface area contributed by atoms with Crippen molar-refractivity contribution >= 4 is 16.9 Å². The number of ether oxygens (including phenoxy) is 1. The Kier molecular flexibility index (Phi) is 4.77. The molecule has 7 heteroatoms. The molecular weight excluding hydrogens is 344 g/mol. The number of aliphatic hydroxyl groups is 1. The van der Waals surface area contributed by atoms with Crippen molar-refractivity contribution in [2.45, 2.75) is 26.0 Å². The minimum Gasteiger partial charge on any atom is -0.477 e. The summed E-state index contributed by atoms with van der Waals surface area (Å²) < 4.78 is 7.50. The van der Waals surface area contributed by atoms with Crippen LogP contribution in [-0.2, 0) is 20.2 Å². The topological polar surface area (TPSA) is 89.3 Å². The molecule has 4 rings (SSSR count). The number of nitrogens with one attached hydrogen (secondary N) is 1. The molecule has 0 saturated heterocycles. The molecule has 1 aliphatic rings. The largest absolute Gasteiger partial charge is 0.477 e. The zero-order chi connectivity index (χ0) is 18.8. The number of carbonyl (C=O) groups excluding carboxylic acids is 1. The number of aryl methyl sites for hydroxylation is 1. The maximum atomic E-state index is 12.5. The van der Waals surface area contributed by atoms with E-state index in [-0.39, 0.29) is 12.5 Å². The van der Waals surface area contributed by atoms with Crippen LogP contribution < -0.4 is 10.1 Å². The number of benzene rings is 1. The molecule has 2 heterocycles. The first-order valence-electron chi connectivity index (χ1n) is 9.06. The summed E-state index contributed by atoms with van der Waals surface area (Å²) in [4.78, 5) is 21.1. The van der Waals surface area contributed by atoms with Gasteiger partial charge in [-0.15, -0.1) is 0 Å². The SMILES string of the molecule is Cn1c(CO)nc2cc(C(=O)NCc3ccnc(OCC4CC4)c3)ccc21. The van der Waals surface area contributed by atoms with E-state index in [9.17, 15) is 9.90 Å². The third-order valence-corrected chi connectivity index (χ3v) is 4.79. The Morgan fingerprint density at radius 1 is 1.33 bits per heavy atom. The van der Waals surface area contributed by atoms with E-state index >= 15 is 0 Å². The van der Waals surface area contributed by atoms with Crippen LogP contribution in [-0.4, -0.2) is 32.2 Å². The highest BCUT2D eigenvalue weighted by atomic mass is 16.5. The predicted octanol–water partition coefficient (Wildman–Crippen LogP) is 2.18. The third kappa shape index (κ3) is 3.93. The highest BCUT2D eigenvalue weighted by molar-refractivity contribution is 5.97. The lowest BCUT2D eigenvalue weighted by Crippen LogP contribution is -2.22. The standard InChI is InChI=1S/C20H22N4O3/c1-24-17-5-4-15(9-16(17)23-18(24)11-25)20(26)22-10-14-6-7-21-19(8-14)27-12-13-2-3-13/h4-9,13,25H,2-3,10-12H2,1H3,(H,22,26). The summed E-state index contributed by atoms with van der Waals surface area (Å²) in [5, 5.41) is 12.2. The summed E-state index contributed by atoms with van der Waals surface area (Å²) in [6.45, 7) is 0.964. The molecule has 27 heavy (non-hydrogen) atoms. The Labute approximate surface area is 157 Å². The number of nitrogens with zero attached hydrogens (tertiary/aromatic N) is 3. The van der Waals surface area contributed by atoms with Gasteiger partial charge in [-0.05, 0) is 48.6 Å². The highest BCUT2D eigenvalue weighted by Crippen LogP contribution is 2.29. The predicted molar refractivity (Wildman–Crippen MR) is 100 cm³/mol. The van der Waals surface area contributed by atoms with Gasteiger partial charge < -0.3 is 19.7 Å². The van der Waals surface area contributed by atoms with Crippen LogP contribution in [0.1, 0.15) is 34.6 Å². The van der Waals surface area contributed by atoms with E-state index < -0.39 is 0 Å². The van der Waals surface area contributed by atoms with Gasteiger partial charge in [0.15, 0.2) is 0 Å². The molecule has 2 aromatic heterocycles. The molecular formula is C20H22N4O3. The fourth-order valence-electron chi connectivity index (χ4n) is 2.94. The maximum absolute atomic E-state index is 12.5. The Balaban J connectivity index is 1.41. The van der Waals surface area contributed by atoms with Crippen LogP contribution >= 0.6 is 0 Å². The van der Waals surface area contributed by atoms with Gasteiger partial charge in [-0.3, -0.25) is 4.79 Å². The number of amides is 1. The van der Waals surface area contributed by atoms with Crippen LogP contribution in [0.15, 0.2) is 36.5 Å². The first kappa shape index (κ1) is 17.5. The molecule has 0 radical (unpaired) electrons. The summed E-state index contributed by atoms with van der Waals surface area (Å²) in [6.07, 6.45) is 4.16. The fraction of sp³-hybridized carbons (Fsp3) is 0.350. The summed E-state index contributed by atoms with van der Waals surface area (Å²) in [5.74, 6) is 1.66. The lowest BCUT2D eigenvalue weighted by Gasteiger charge is -2.08. The minimum atomic E-state index is -0.176. The number of aromatic nitrogens is 3. The van der Waals surface area contributed by atoms with Gasteiger partial charge >= 0.3 is 0 Å². The highest BCUT2D eigenvalue weighted by Gasteiger charge is 2.22. The van der Waals surface area contributed by atoms with Crippen LogP contribution in [0, 0.1) is 5.92 Å². The van der Waals surface area contributed by atoms with Crippen molar-refractivity contribution in [3.63, 3.8) is 0 Å². The second-order valence-electron chi connectivity index (χ2n) is 6.89. The molecule has 0 unspecified atom stereocenters. The molecule has 0 spiro atoms. The average molecular weight is 366 g/mol. The van der Waals surface area contributed by atoms with Crippen LogP contribution in [0.3, 0.4) is 0 Å². The molecule has 1 saturated carbocycles. The molecule has 0 bridgehead atoms. The van der Waals surface area contributed by atoms with E-state index in [0.717, 1.165) is 11.1 Å². The van der Waals surface area contributed by atoms with E-state index in [1.165, 1.54) is 12.8 Å². The lowest BCUT2D eigenvalue weighted by atomic mass is 10.2. The van der Waals surface area contributed by atoms with Gasteiger partial charge in [-0.25, -0.2) is 9.97 Å².